The molecule has 2 aromatic rings. The molecule has 0 saturated carbocycles. The number of sulfonamides is 1. The van der Waals surface area contributed by atoms with Crippen molar-refractivity contribution in [3.63, 3.8) is 0 Å². The number of para-hydroxylation sites is 1. The van der Waals surface area contributed by atoms with E-state index in [1.165, 1.54) is 4.31 Å². The molecule has 1 fully saturated rings. The van der Waals surface area contributed by atoms with Crippen LogP contribution in [0.5, 0.6) is 5.75 Å². The van der Waals surface area contributed by atoms with Crippen LogP contribution in [-0.2, 0) is 14.8 Å². The van der Waals surface area contributed by atoms with Crippen LogP contribution in [0.25, 0.3) is 0 Å². The van der Waals surface area contributed by atoms with E-state index in [1.54, 1.807) is 24.3 Å². The summed E-state index contributed by atoms with van der Waals surface area (Å²) < 4.78 is 33.2. The third kappa shape index (κ3) is 5.86. The maximum Gasteiger partial charge on any atom is 0.243 e. The molecule has 0 spiro atoms. The van der Waals surface area contributed by atoms with Crippen molar-refractivity contribution >= 4 is 15.9 Å². The van der Waals surface area contributed by atoms with E-state index in [-0.39, 0.29) is 23.3 Å². The summed E-state index contributed by atoms with van der Waals surface area (Å²) in [5.74, 6) is 0.718. The summed E-state index contributed by atoms with van der Waals surface area (Å²) in [5.41, 5.74) is 2.14. The summed E-state index contributed by atoms with van der Waals surface area (Å²) in [4.78, 5) is 12.9. The Bertz CT molecular complexity index is 987. The molecule has 1 saturated heterocycles. The summed E-state index contributed by atoms with van der Waals surface area (Å²) in [6, 6.07) is 14.7. The van der Waals surface area contributed by atoms with Gasteiger partial charge < -0.3 is 10.1 Å². The number of hydrogen-bond acceptors (Lipinski definition) is 4. The van der Waals surface area contributed by atoms with Gasteiger partial charge in [-0.2, -0.15) is 4.31 Å². The highest BCUT2D eigenvalue weighted by atomic mass is 32.2. The summed E-state index contributed by atoms with van der Waals surface area (Å²) in [7, 11) is -3.59. The highest BCUT2D eigenvalue weighted by Crippen LogP contribution is 2.26. The summed E-state index contributed by atoms with van der Waals surface area (Å²) >= 11 is 0. The van der Waals surface area contributed by atoms with Gasteiger partial charge in [0.1, 0.15) is 12.4 Å². The predicted octanol–water partition coefficient (Wildman–Crippen LogP) is 3.71. The fourth-order valence-electron chi connectivity index (χ4n) is 3.80. The van der Waals surface area contributed by atoms with Gasteiger partial charge >= 0.3 is 0 Å². The average Bonchev–Trinajstić information content (AvgIpc) is 2.77. The lowest BCUT2D eigenvalue weighted by Crippen LogP contribution is -2.46. The Morgan fingerprint density at radius 1 is 1.16 bits per heavy atom. The van der Waals surface area contributed by atoms with Gasteiger partial charge in [0.25, 0.3) is 0 Å². The minimum atomic E-state index is -3.59. The Kier molecular flexibility index (Phi) is 7.73. The van der Waals surface area contributed by atoms with E-state index in [0.29, 0.717) is 38.5 Å². The molecule has 0 bridgehead atoms. The van der Waals surface area contributed by atoms with Crippen molar-refractivity contribution in [2.45, 2.75) is 44.4 Å². The van der Waals surface area contributed by atoms with Crippen LogP contribution in [0.1, 0.15) is 43.7 Å². The van der Waals surface area contributed by atoms with Crippen molar-refractivity contribution in [3.05, 3.63) is 59.7 Å². The molecule has 1 amide bonds. The SMILES string of the molecule is Cc1ccc(S(=O)(=O)N2CCC[C@H](C(=O)NCCOc3ccccc3C(C)C)C2)cc1. The van der Waals surface area contributed by atoms with Crippen LogP contribution >= 0.6 is 0 Å². The van der Waals surface area contributed by atoms with Crippen molar-refractivity contribution < 1.29 is 17.9 Å². The number of ether oxygens (including phenoxy) is 1. The zero-order valence-electron chi connectivity index (χ0n) is 18.5. The molecule has 1 heterocycles. The van der Waals surface area contributed by atoms with Gasteiger partial charge in [-0.25, -0.2) is 8.42 Å². The molecular formula is C24H32N2O4S. The van der Waals surface area contributed by atoms with Crippen LogP contribution in [0.2, 0.25) is 0 Å². The number of nitrogens with zero attached hydrogens (tertiary/aromatic N) is 1. The van der Waals surface area contributed by atoms with Gasteiger partial charge in [-0.05, 0) is 49.4 Å². The van der Waals surface area contributed by atoms with Crippen LogP contribution in [0.3, 0.4) is 0 Å². The Morgan fingerprint density at radius 2 is 1.87 bits per heavy atom. The Hall–Kier alpha value is -2.38. The Morgan fingerprint density at radius 3 is 2.58 bits per heavy atom. The van der Waals surface area contributed by atoms with Crippen molar-refractivity contribution in [3.8, 4) is 5.75 Å². The van der Waals surface area contributed by atoms with Crippen molar-refractivity contribution in [1.82, 2.24) is 9.62 Å². The zero-order chi connectivity index (χ0) is 22.4. The molecule has 6 nitrogen and oxygen atoms in total. The molecule has 0 aromatic heterocycles. The number of rotatable bonds is 8. The topological polar surface area (TPSA) is 75.7 Å². The maximum absolute atomic E-state index is 12.9. The molecule has 1 atom stereocenters. The van der Waals surface area contributed by atoms with E-state index in [1.807, 2.05) is 31.2 Å². The van der Waals surface area contributed by atoms with Gasteiger partial charge in [0.2, 0.25) is 15.9 Å². The molecule has 168 valence electrons. The largest absolute Gasteiger partial charge is 0.491 e. The van der Waals surface area contributed by atoms with E-state index < -0.39 is 10.0 Å². The Balaban J connectivity index is 1.52. The number of carbonyl (C=O) groups excluding carboxylic acids is 1. The van der Waals surface area contributed by atoms with Crippen LogP contribution in [0, 0.1) is 12.8 Å². The summed E-state index contributed by atoms with van der Waals surface area (Å²) in [6.07, 6.45) is 1.35. The summed E-state index contributed by atoms with van der Waals surface area (Å²) in [5, 5.41) is 2.91. The maximum atomic E-state index is 12.9. The lowest BCUT2D eigenvalue weighted by atomic mass is 9.99. The first-order valence-corrected chi connectivity index (χ1v) is 12.3. The van der Waals surface area contributed by atoms with Crippen LogP contribution in [0.4, 0.5) is 0 Å². The summed E-state index contributed by atoms with van der Waals surface area (Å²) in [6.45, 7) is 7.55. The van der Waals surface area contributed by atoms with Gasteiger partial charge in [-0.15, -0.1) is 0 Å². The van der Waals surface area contributed by atoms with Gasteiger partial charge in [0, 0.05) is 13.1 Å². The smallest absolute Gasteiger partial charge is 0.243 e. The molecule has 31 heavy (non-hydrogen) atoms. The van der Waals surface area contributed by atoms with Crippen molar-refractivity contribution in [2.24, 2.45) is 5.92 Å². The minimum absolute atomic E-state index is 0.121. The van der Waals surface area contributed by atoms with Crippen LogP contribution < -0.4 is 10.1 Å². The quantitative estimate of drug-likeness (QED) is 0.630. The van der Waals surface area contributed by atoms with E-state index in [4.69, 9.17) is 4.74 Å². The molecule has 0 radical (unpaired) electrons. The van der Waals surface area contributed by atoms with Gasteiger partial charge in [-0.1, -0.05) is 49.7 Å². The first-order chi connectivity index (χ1) is 14.8. The fraction of sp³-hybridized carbons (Fsp3) is 0.458. The second-order valence-corrected chi connectivity index (χ2v) is 10.3. The van der Waals surface area contributed by atoms with Crippen molar-refractivity contribution in [1.29, 1.82) is 0 Å². The number of hydrogen-bond donors (Lipinski definition) is 1. The van der Waals surface area contributed by atoms with Crippen LogP contribution in [0.15, 0.2) is 53.4 Å². The van der Waals surface area contributed by atoms with Gasteiger partial charge in [0.15, 0.2) is 0 Å². The third-order valence-electron chi connectivity index (χ3n) is 5.61. The second-order valence-electron chi connectivity index (χ2n) is 8.35. The molecule has 3 rings (SSSR count). The average molecular weight is 445 g/mol. The lowest BCUT2D eigenvalue weighted by molar-refractivity contribution is -0.126. The molecule has 1 aliphatic rings. The normalized spacial score (nSPS) is 17.5. The monoisotopic (exact) mass is 444 g/mol. The highest BCUT2D eigenvalue weighted by Gasteiger charge is 2.33. The molecule has 7 heteroatoms. The number of benzene rings is 2. The number of aryl methyl sites for hydroxylation is 1. The fourth-order valence-corrected chi connectivity index (χ4v) is 5.33. The number of nitrogens with one attached hydrogen (secondary N) is 1. The van der Waals surface area contributed by atoms with E-state index in [2.05, 4.69) is 19.2 Å². The predicted molar refractivity (Wildman–Crippen MR) is 122 cm³/mol. The van der Waals surface area contributed by atoms with Crippen LogP contribution in [-0.4, -0.2) is 44.9 Å². The molecular weight excluding hydrogens is 412 g/mol. The van der Waals surface area contributed by atoms with E-state index >= 15 is 0 Å². The molecule has 2 aromatic carbocycles. The van der Waals surface area contributed by atoms with E-state index in [0.717, 1.165) is 16.9 Å². The molecule has 1 N–H and O–H groups in total. The van der Waals surface area contributed by atoms with Gasteiger partial charge in [0.05, 0.1) is 17.4 Å². The zero-order valence-corrected chi connectivity index (χ0v) is 19.3. The number of amides is 1. The van der Waals surface area contributed by atoms with Gasteiger partial charge in [-0.3, -0.25) is 4.79 Å². The first-order valence-electron chi connectivity index (χ1n) is 10.9. The minimum Gasteiger partial charge on any atom is -0.491 e. The molecule has 1 aliphatic heterocycles. The first kappa shape index (κ1) is 23.3. The number of carbonyl (C=O) groups is 1. The second kappa shape index (κ2) is 10.3. The van der Waals surface area contributed by atoms with Crippen molar-refractivity contribution in [2.75, 3.05) is 26.2 Å². The lowest BCUT2D eigenvalue weighted by Gasteiger charge is -2.31. The Labute approximate surface area is 185 Å². The number of piperidine rings is 1. The molecule has 0 unspecified atom stereocenters. The highest BCUT2D eigenvalue weighted by molar-refractivity contribution is 7.89. The van der Waals surface area contributed by atoms with E-state index in [9.17, 15) is 13.2 Å². The molecule has 0 aliphatic carbocycles. The standard InChI is InChI=1S/C24H32N2O4S/c1-18(2)22-8-4-5-9-23(22)30-16-14-25-24(27)20-7-6-15-26(17-20)31(28,29)21-12-10-19(3)11-13-21/h4-5,8-13,18,20H,6-7,14-17H2,1-3H3,(H,25,27)/t20-/m0/s1. The third-order valence-corrected chi connectivity index (χ3v) is 7.49.